The predicted octanol–water partition coefficient (Wildman–Crippen LogP) is 4.24. The van der Waals surface area contributed by atoms with Crippen molar-refractivity contribution in [1.82, 2.24) is 0 Å². The average molecular weight is 272 g/mol. The molecule has 0 fully saturated rings. The summed E-state index contributed by atoms with van der Waals surface area (Å²) >= 11 is 1.66. The van der Waals surface area contributed by atoms with E-state index in [0.29, 0.717) is 11.3 Å². The lowest BCUT2D eigenvalue weighted by Crippen LogP contribution is -2.02. The maximum Gasteiger partial charge on any atom is 0.336 e. The summed E-state index contributed by atoms with van der Waals surface area (Å²) in [5.41, 5.74) is 2.35. The number of hydrogen-bond donors (Lipinski definition) is 1. The maximum absolute atomic E-state index is 11.3. The summed E-state index contributed by atoms with van der Waals surface area (Å²) in [5.74, 6) is -0.172. The third-order valence-electron chi connectivity index (χ3n) is 2.95. The van der Waals surface area contributed by atoms with Crippen LogP contribution in [-0.4, -0.2) is 11.1 Å². The van der Waals surface area contributed by atoms with Gasteiger partial charge in [0.25, 0.3) is 0 Å². The van der Waals surface area contributed by atoms with Crippen LogP contribution in [0.3, 0.4) is 0 Å². The molecule has 3 heteroatoms. The Bertz CT molecular complexity index is 564. The smallest absolute Gasteiger partial charge is 0.336 e. The third-order valence-corrected chi connectivity index (χ3v) is 4.01. The summed E-state index contributed by atoms with van der Waals surface area (Å²) in [5, 5.41) is 9.27. The molecule has 2 rings (SSSR count). The Morgan fingerprint density at radius 1 is 1.16 bits per heavy atom. The largest absolute Gasteiger partial charge is 0.478 e. The fourth-order valence-corrected chi connectivity index (χ4v) is 2.77. The third kappa shape index (κ3) is 3.61. The van der Waals surface area contributed by atoms with Crippen molar-refractivity contribution in [3.05, 3.63) is 65.2 Å². The monoisotopic (exact) mass is 272 g/mol. The molecule has 2 aromatic carbocycles. The number of carbonyl (C=O) groups is 1. The summed E-state index contributed by atoms with van der Waals surface area (Å²) in [4.78, 5) is 12.4. The van der Waals surface area contributed by atoms with Gasteiger partial charge in [0.2, 0.25) is 0 Å². The first-order valence-corrected chi connectivity index (χ1v) is 7.22. The van der Waals surface area contributed by atoms with E-state index in [1.165, 1.54) is 0 Å². The van der Waals surface area contributed by atoms with Gasteiger partial charge in [-0.15, -0.1) is 11.8 Å². The highest BCUT2D eigenvalue weighted by Gasteiger charge is 2.10. The first kappa shape index (κ1) is 13.7. The quantitative estimate of drug-likeness (QED) is 0.827. The zero-order chi connectivity index (χ0) is 13.7. The van der Waals surface area contributed by atoms with E-state index in [4.69, 9.17) is 0 Å². The van der Waals surface area contributed by atoms with Crippen LogP contribution in [0.5, 0.6) is 0 Å². The Kier molecular flexibility index (Phi) is 4.63. The maximum atomic E-state index is 11.3. The molecule has 0 unspecified atom stereocenters. The van der Waals surface area contributed by atoms with Crippen LogP contribution >= 0.6 is 11.8 Å². The van der Waals surface area contributed by atoms with Crippen LogP contribution in [0.4, 0.5) is 0 Å². The SMILES string of the molecule is CCc1ccc(CSc2ccccc2)c(C(=O)O)c1. The molecule has 0 bridgehead atoms. The molecule has 2 aromatic rings. The van der Waals surface area contributed by atoms with Gasteiger partial charge in [0.1, 0.15) is 0 Å². The molecule has 0 aromatic heterocycles. The predicted molar refractivity (Wildman–Crippen MR) is 78.8 cm³/mol. The van der Waals surface area contributed by atoms with Gasteiger partial charge in [-0.3, -0.25) is 0 Å². The number of aromatic carboxylic acids is 1. The Hall–Kier alpha value is -1.74. The lowest BCUT2D eigenvalue weighted by atomic mass is 10.0. The van der Waals surface area contributed by atoms with Crippen LogP contribution in [-0.2, 0) is 12.2 Å². The minimum Gasteiger partial charge on any atom is -0.478 e. The van der Waals surface area contributed by atoms with Gasteiger partial charge in [-0.25, -0.2) is 4.79 Å². The molecule has 0 atom stereocenters. The molecule has 19 heavy (non-hydrogen) atoms. The van der Waals surface area contributed by atoms with Crippen molar-refractivity contribution in [2.24, 2.45) is 0 Å². The van der Waals surface area contributed by atoms with E-state index >= 15 is 0 Å². The Morgan fingerprint density at radius 2 is 1.89 bits per heavy atom. The number of carboxylic acids is 1. The second-order valence-electron chi connectivity index (χ2n) is 4.25. The van der Waals surface area contributed by atoms with E-state index in [9.17, 15) is 9.90 Å². The Balaban J connectivity index is 2.18. The van der Waals surface area contributed by atoms with Crippen molar-refractivity contribution in [3.63, 3.8) is 0 Å². The molecule has 1 N–H and O–H groups in total. The van der Waals surface area contributed by atoms with Crippen molar-refractivity contribution in [1.29, 1.82) is 0 Å². The lowest BCUT2D eigenvalue weighted by molar-refractivity contribution is 0.0696. The van der Waals surface area contributed by atoms with Gasteiger partial charge in [0, 0.05) is 10.6 Å². The summed E-state index contributed by atoms with van der Waals surface area (Å²) in [7, 11) is 0. The van der Waals surface area contributed by atoms with Gasteiger partial charge in [-0.2, -0.15) is 0 Å². The zero-order valence-electron chi connectivity index (χ0n) is 10.8. The van der Waals surface area contributed by atoms with Crippen molar-refractivity contribution < 1.29 is 9.90 Å². The number of rotatable bonds is 5. The summed E-state index contributed by atoms with van der Waals surface area (Å²) < 4.78 is 0. The first-order valence-electron chi connectivity index (χ1n) is 6.23. The summed E-state index contributed by atoms with van der Waals surface area (Å²) in [6, 6.07) is 15.7. The zero-order valence-corrected chi connectivity index (χ0v) is 11.6. The number of aryl methyl sites for hydroxylation is 1. The van der Waals surface area contributed by atoms with Crippen LogP contribution < -0.4 is 0 Å². The van der Waals surface area contributed by atoms with Crippen molar-refractivity contribution in [3.8, 4) is 0 Å². The van der Waals surface area contributed by atoms with E-state index in [1.807, 2.05) is 49.4 Å². The molecule has 0 aliphatic heterocycles. The Labute approximate surface area is 117 Å². The second-order valence-corrected chi connectivity index (χ2v) is 5.30. The number of benzene rings is 2. The highest BCUT2D eigenvalue weighted by Crippen LogP contribution is 2.25. The standard InChI is InChI=1S/C16H16O2S/c1-2-12-8-9-13(15(10-12)16(17)18)11-19-14-6-4-3-5-7-14/h3-10H,2,11H2,1H3,(H,17,18). The molecule has 0 aliphatic carbocycles. The van der Waals surface area contributed by atoms with Crippen LogP contribution in [0.1, 0.15) is 28.4 Å². The highest BCUT2D eigenvalue weighted by atomic mass is 32.2. The molecule has 0 saturated carbocycles. The minimum absolute atomic E-state index is 0.419. The van der Waals surface area contributed by atoms with Gasteiger partial charge >= 0.3 is 5.97 Å². The minimum atomic E-state index is -0.848. The molecule has 0 amide bonds. The fourth-order valence-electron chi connectivity index (χ4n) is 1.85. The average Bonchev–Trinajstić information content (AvgIpc) is 2.46. The van der Waals surface area contributed by atoms with E-state index < -0.39 is 5.97 Å². The highest BCUT2D eigenvalue weighted by molar-refractivity contribution is 7.98. The molecule has 98 valence electrons. The number of carboxylic acid groups (broad SMARTS) is 1. The van der Waals surface area contributed by atoms with Crippen molar-refractivity contribution >= 4 is 17.7 Å². The van der Waals surface area contributed by atoms with E-state index in [1.54, 1.807) is 17.8 Å². The van der Waals surface area contributed by atoms with Crippen molar-refractivity contribution in [2.75, 3.05) is 0 Å². The second kappa shape index (κ2) is 6.43. The molecular weight excluding hydrogens is 256 g/mol. The fraction of sp³-hybridized carbons (Fsp3) is 0.188. The summed E-state index contributed by atoms with van der Waals surface area (Å²) in [6.07, 6.45) is 0.854. The molecule has 2 nitrogen and oxygen atoms in total. The van der Waals surface area contributed by atoms with Crippen LogP contribution in [0, 0.1) is 0 Å². The van der Waals surface area contributed by atoms with Crippen LogP contribution in [0.15, 0.2) is 53.4 Å². The topological polar surface area (TPSA) is 37.3 Å². The molecule has 0 aliphatic rings. The van der Waals surface area contributed by atoms with E-state index in [0.717, 1.165) is 22.4 Å². The van der Waals surface area contributed by atoms with Crippen molar-refractivity contribution in [2.45, 2.75) is 24.0 Å². The molecule has 0 spiro atoms. The molecule has 0 saturated heterocycles. The van der Waals surface area contributed by atoms with Crippen LogP contribution in [0.2, 0.25) is 0 Å². The van der Waals surface area contributed by atoms with Crippen LogP contribution in [0.25, 0.3) is 0 Å². The molecule has 0 heterocycles. The van der Waals surface area contributed by atoms with Gasteiger partial charge < -0.3 is 5.11 Å². The molecule has 0 radical (unpaired) electrons. The van der Waals surface area contributed by atoms with E-state index in [-0.39, 0.29) is 0 Å². The van der Waals surface area contributed by atoms with Gasteiger partial charge in [0.15, 0.2) is 0 Å². The molecular formula is C16H16O2S. The first-order chi connectivity index (χ1) is 9.20. The normalized spacial score (nSPS) is 10.4. The van der Waals surface area contributed by atoms with Gasteiger partial charge in [-0.1, -0.05) is 37.3 Å². The van der Waals surface area contributed by atoms with Gasteiger partial charge in [-0.05, 0) is 35.7 Å². The lowest BCUT2D eigenvalue weighted by Gasteiger charge is -2.08. The number of hydrogen-bond acceptors (Lipinski definition) is 2. The Morgan fingerprint density at radius 3 is 2.53 bits per heavy atom. The number of thioether (sulfide) groups is 1. The summed E-state index contributed by atoms with van der Waals surface area (Å²) in [6.45, 7) is 2.03. The van der Waals surface area contributed by atoms with E-state index in [2.05, 4.69) is 0 Å². The van der Waals surface area contributed by atoms with Gasteiger partial charge in [0.05, 0.1) is 5.56 Å².